The molecule has 5 heteroatoms. The lowest BCUT2D eigenvalue weighted by atomic mass is 9.92. The maximum atomic E-state index is 17.5. The SMILES string of the molecule is C=C(/C=C(F)\C(=C(/C)c1ccccc1)N(c1ccccc1)c1ccc2c(c1)Sc1cccc3c1c-2cc1ccc(N(c2ccccc2)c2c(F)cc(-c4ccccc4)cc2-c2ccccc2)cc13)c1ccccc1. The van der Waals surface area contributed by atoms with E-state index in [0.717, 1.165) is 104 Å². The Bertz CT molecular complexity index is 3950. The Labute approximate surface area is 435 Å². The minimum Gasteiger partial charge on any atom is -0.307 e. The molecule has 1 aliphatic rings. The second kappa shape index (κ2) is 19.9. The Morgan fingerprint density at radius 3 is 1.73 bits per heavy atom. The van der Waals surface area contributed by atoms with Crippen molar-refractivity contribution in [3.8, 4) is 33.4 Å². The third kappa shape index (κ3) is 8.67. The van der Waals surface area contributed by atoms with Gasteiger partial charge in [0.15, 0.2) is 0 Å². The fraction of sp³-hybridized carbons (Fsp3) is 0.0145. The van der Waals surface area contributed by atoms with Gasteiger partial charge in [0.2, 0.25) is 0 Å². The van der Waals surface area contributed by atoms with Crippen molar-refractivity contribution in [2.24, 2.45) is 0 Å². The molecule has 2 nitrogen and oxygen atoms in total. The third-order valence-corrected chi connectivity index (χ3v) is 15.0. The molecule has 1 aliphatic heterocycles. The van der Waals surface area contributed by atoms with Crippen LogP contribution in [0.3, 0.4) is 0 Å². The van der Waals surface area contributed by atoms with Crippen molar-refractivity contribution in [3.05, 3.63) is 296 Å². The Kier molecular flexibility index (Phi) is 12.4. The van der Waals surface area contributed by atoms with Gasteiger partial charge in [-0.25, -0.2) is 8.78 Å². The first-order chi connectivity index (χ1) is 36.4. The number of rotatable bonds is 12. The molecule has 12 rings (SSSR count). The van der Waals surface area contributed by atoms with Gasteiger partial charge in [-0.3, -0.25) is 0 Å². The van der Waals surface area contributed by atoms with Crippen molar-refractivity contribution >= 4 is 72.9 Å². The van der Waals surface area contributed by atoms with Crippen LogP contribution in [-0.4, -0.2) is 0 Å². The molecule has 354 valence electrons. The van der Waals surface area contributed by atoms with Crippen molar-refractivity contribution in [3.63, 3.8) is 0 Å². The molecule has 0 aliphatic carbocycles. The maximum Gasteiger partial charge on any atom is 0.148 e. The number of para-hydroxylation sites is 2. The molecule has 0 amide bonds. The fourth-order valence-corrected chi connectivity index (χ4v) is 11.5. The second-order valence-electron chi connectivity index (χ2n) is 18.4. The molecule has 11 aromatic carbocycles. The van der Waals surface area contributed by atoms with E-state index >= 15 is 8.78 Å². The number of nitrogens with zero attached hydrogens (tertiary/aromatic N) is 2. The van der Waals surface area contributed by atoms with Crippen molar-refractivity contribution in [1.82, 2.24) is 0 Å². The van der Waals surface area contributed by atoms with Crippen LogP contribution in [0.5, 0.6) is 0 Å². The highest BCUT2D eigenvalue weighted by Crippen LogP contribution is 2.53. The molecule has 0 saturated carbocycles. The van der Waals surface area contributed by atoms with E-state index in [2.05, 4.69) is 78.2 Å². The topological polar surface area (TPSA) is 6.48 Å². The first kappa shape index (κ1) is 46.1. The minimum absolute atomic E-state index is 0.321. The zero-order valence-electron chi connectivity index (χ0n) is 40.6. The van der Waals surface area contributed by atoms with Gasteiger partial charge in [0, 0.05) is 43.5 Å². The lowest BCUT2D eigenvalue weighted by molar-refractivity contribution is 0.630. The van der Waals surface area contributed by atoms with Gasteiger partial charge in [0.25, 0.3) is 0 Å². The highest BCUT2D eigenvalue weighted by Gasteiger charge is 2.28. The van der Waals surface area contributed by atoms with E-state index < -0.39 is 5.83 Å². The fourth-order valence-electron chi connectivity index (χ4n) is 10.3. The van der Waals surface area contributed by atoms with Crippen molar-refractivity contribution < 1.29 is 8.78 Å². The van der Waals surface area contributed by atoms with Gasteiger partial charge >= 0.3 is 0 Å². The molecule has 0 atom stereocenters. The zero-order valence-corrected chi connectivity index (χ0v) is 41.4. The van der Waals surface area contributed by atoms with Crippen molar-refractivity contribution in [2.75, 3.05) is 9.80 Å². The highest BCUT2D eigenvalue weighted by molar-refractivity contribution is 7.99. The summed E-state index contributed by atoms with van der Waals surface area (Å²) in [5.74, 6) is -0.720. The van der Waals surface area contributed by atoms with E-state index in [1.807, 2.05) is 194 Å². The molecule has 0 bridgehead atoms. The summed E-state index contributed by atoms with van der Waals surface area (Å²) in [6.07, 6.45) is 1.55. The summed E-state index contributed by atoms with van der Waals surface area (Å²) in [6, 6.07) is 85.4. The summed E-state index contributed by atoms with van der Waals surface area (Å²) in [4.78, 5) is 6.28. The van der Waals surface area contributed by atoms with E-state index in [1.165, 1.54) is 0 Å². The Morgan fingerprint density at radius 1 is 0.459 bits per heavy atom. The van der Waals surface area contributed by atoms with Crippen LogP contribution < -0.4 is 9.80 Å². The number of hydrogen-bond acceptors (Lipinski definition) is 3. The lowest BCUT2D eigenvalue weighted by Gasteiger charge is -2.31. The molecule has 0 unspecified atom stereocenters. The summed E-state index contributed by atoms with van der Waals surface area (Å²) in [6.45, 7) is 6.28. The van der Waals surface area contributed by atoms with Gasteiger partial charge in [-0.2, -0.15) is 0 Å². The first-order valence-electron chi connectivity index (χ1n) is 24.7. The normalized spacial score (nSPS) is 12.3. The third-order valence-electron chi connectivity index (χ3n) is 13.9. The Hall–Kier alpha value is -9.03. The quantitative estimate of drug-likeness (QED) is 0.0890. The summed E-state index contributed by atoms with van der Waals surface area (Å²) in [5, 5.41) is 4.39. The van der Waals surface area contributed by atoms with Crippen LogP contribution in [0.25, 0.3) is 66.1 Å². The zero-order chi connectivity index (χ0) is 50.1. The van der Waals surface area contributed by atoms with Crippen LogP contribution in [0.2, 0.25) is 0 Å². The minimum atomic E-state index is -0.399. The molecule has 11 aromatic rings. The standard InChI is InChI=1S/C69H48F2N2S/c1-46(48-22-9-3-10-23-48)40-63(70)68(47(2)49-24-11-4-12-25-49)72(54-30-17-7-18-31-54)57-38-39-58-62-41-52-36-37-56(44-60(52)59-34-21-35-65(67(59)62)74-66(58)45-57)73(55-32-19-8-20-33-55)69-61(51-28-15-6-16-29-51)42-53(43-64(69)71)50-26-13-5-14-27-50/h3-45H,1H2,2H3/b63-40+,68-47-. The molecule has 74 heavy (non-hydrogen) atoms. The van der Waals surface area contributed by atoms with Crippen molar-refractivity contribution in [1.29, 1.82) is 0 Å². The van der Waals surface area contributed by atoms with E-state index in [9.17, 15) is 0 Å². The summed E-state index contributed by atoms with van der Waals surface area (Å²) in [5.41, 5.74) is 13.0. The van der Waals surface area contributed by atoms with Gasteiger partial charge < -0.3 is 9.80 Å². The first-order valence-corrected chi connectivity index (χ1v) is 25.5. The van der Waals surface area contributed by atoms with E-state index in [0.29, 0.717) is 17.0 Å². The van der Waals surface area contributed by atoms with Crippen molar-refractivity contribution in [2.45, 2.75) is 16.7 Å². The number of hydrogen-bond donors (Lipinski definition) is 0. The molecule has 0 spiro atoms. The van der Waals surface area contributed by atoms with Crippen LogP contribution in [0.4, 0.5) is 37.2 Å². The predicted molar refractivity (Wildman–Crippen MR) is 309 cm³/mol. The Balaban J connectivity index is 1.00. The predicted octanol–water partition coefficient (Wildman–Crippen LogP) is 20.2. The summed E-state index contributed by atoms with van der Waals surface area (Å²) < 4.78 is 34.9. The molecule has 0 aromatic heterocycles. The summed E-state index contributed by atoms with van der Waals surface area (Å²) >= 11 is 1.72. The highest BCUT2D eigenvalue weighted by atomic mass is 32.2. The number of benzene rings is 11. The molecular formula is C69H48F2N2S. The number of halogens is 2. The van der Waals surface area contributed by atoms with Gasteiger partial charge in [0.05, 0.1) is 11.4 Å². The molecule has 0 fully saturated rings. The van der Waals surface area contributed by atoms with E-state index in [4.69, 9.17) is 0 Å². The molecule has 0 N–H and O–H groups in total. The molecular weight excluding hydrogens is 927 g/mol. The largest absolute Gasteiger partial charge is 0.307 e. The lowest BCUT2D eigenvalue weighted by Crippen LogP contribution is -2.19. The Morgan fingerprint density at radius 2 is 1.05 bits per heavy atom. The van der Waals surface area contributed by atoms with Crippen LogP contribution in [0, 0.1) is 5.82 Å². The maximum absolute atomic E-state index is 17.5. The molecule has 0 saturated heterocycles. The van der Waals surface area contributed by atoms with Gasteiger partial charge in [-0.1, -0.05) is 200 Å². The van der Waals surface area contributed by atoms with E-state index in [-0.39, 0.29) is 5.82 Å². The smallest absolute Gasteiger partial charge is 0.148 e. The number of anilines is 5. The number of allylic oxidation sites excluding steroid dienone is 4. The van der Waals surface area contributed by atoms with E-state index in [1.54, 1.807) is 23.9 Å². The van der Waals surface area contributed by atoms with Gasteiger partial charge in [-0.05, 0) is 152 Å². The number of fused-ring (bicyclic) bond motifs is 4. The second-order valence-corrected chi connectivity index (χ2v) is 19.5. The van der Waals surface area contributed by atoms with Crippen LogP contribution in [0.1, 0.15) is 18.1 Å². The monoisotopic (exact) mass is 974 g/mol. The summed E-state index contributed by atoms with van der Waals surface area (Å²) in [7, 11) is 0. The van der Waals surface area contributed by atoms with Gasteiger partial charge in [0.1, 0.15) is 11.6 Å². The van der Waals surface area contributed by atoms with Crippen LogP contribution in [0.15, 0.2) is 289 Å². The van der Waals surface area contributed by atoms with Crippen LogP contribution in [-0.2, 0) is 0 Å². The van der Waals surface area contributed by atoms with Gasteiger partial charge in [-0.15, -0.1) is 0 Å². The average Bonchev–Trinajstić information content (AvgIpc) is 3.46. The molecule has 1 heterocycles. The van der Waals surface area contributed by atoms with Crippen LogP contribution >= 0.6 is 11.8 Å². The average molecular weight is 975 g/mol. The molecule has 0 radical (unpaired) electrons.